The van der Waals surface area contributed by atoms with Crippen LogP contribution in [0.3, 0.4) is 0 Å². The van der Waals surface area contributed by atoms with E-state index in [9.17, 15) is 14.4 Å². The second-order valence-corrected chi connectivity index (χ2v) is 7.55. The summed E-state index contributed by atoms with van der Waals surface area (Å²) in [5, 5.41) is 2.48. The van der Waals surface area contributed by atoms with Gasteiger partial charge in [0.1, 0.15) is 0 Å². The molecule has 1 amide bonds. The Hall–Kier alpha value is -0.980. The van der Waals surface area contributed by atoms with Crippen LogP contribution in [0.4, 0.5) is 0 Å². The minimum atomic E-state index is -1.97. The molecule has 9 heteroatoms. The standard InChI is InChI=1S/C11H14Cl3N3O3/c1-10(2,3)8(19)16-7(11(12,13)14)17-5-4-6(18)15-9(17)20/h4-5,7H,1-3H3,(H,16,19)(H,15,18,20)/t7-/m0/s1. The lowest BCUT2D eigenvalue weighted by molar-refractivity contribution is -0.129. The molecule has 0 spiro atoms. The second kappa shape index (κ2) is 5.79. The van der Waals surface area contributed by atoms with Gasteiger partial charge in [0, 0.05) is 17.7 Å². The van der Waals surface area contributed by atoms with Crippen LogP contribution in [-0.4, -0.2) is 19.3 Å². The summed E-state index contributed by atoms with van der Waals surface area (Å²) < 4.78 is -1.03. The van der Waals surface area contributed by atoms with E-state index < -0.39 is 32.5 Å². The number of alkyl halides is 3. The summed E-state index contributed by atoms with van der Waals surface area (Å²) in [7, 11) is 0. The largest absolute Gasteiger partial charge is 0.331 e. The molecule has 0 radical (unpaired) electrons. The van der Waals surface area contributed by atoms with Crippen LogP contribution < -0.4 is 16.6 Å². The monoisotopic (exact) mass is 341 g/mol. The maximum absolute atomic E-state index is 12.0. The Bertz CT molecular complexity index is 610. The summed E-state index contributed by atoms with van der Waals surface area (Å²) in [6.45, 7) is 5.02. The molecule has 1 heterocycles. The van der Waals surface area contributed by atoms with Gasteiger partial charge in [-0.15, -0.1) is 0 Å². The van der Waals surface area contributed by atoms with Crippen molar-refractivity contribution in [2.24, 2.45) is 5.41 Å². The Morgan fingerprint density at radius 2 is 1.85 bits per heavy atom. The molecular weight excluding hydrogens is 328 g/mol. The highest BCUT2D eigenvalue weighted by atomic mass is 35.6. The number of carbonyl (C=O) groups is 1. The van der Waals surface area contributed by atoms with Crippen molar-refractivity contribution in [3.8, 4) is 0 Å². The Labute approximate surface area is 130 Å². The minimum Gasteiger partial charge on any atom is -0.331 e. The maximum atomic E-state index is 12.0. The average molecular weight is 343 g/mol. The summed E-state index contributed by atoms with van der Waals surface area (Å²) in [5.41, 5.74) is -2.11. The first-order valence-electron chi connectivity index (χ1n) is 5.62. The third-order valence-electron chi connectivity index (χ3n) is 2.39. The van der Waals surface area contributed by atoms with Crippen LogP contribution in [0.25, 0.3) is 0 Å². The molecule has 20 heavy (non-hydrogen) atoms. The number of nitrogens with one attached hydrogen (secondary N) is 2. The van der Waals surface area contributed by atoms with E-state index >= 15 is 0 Å². The molecule has 0 unspecified atom stereocenters. The Kier molecular flexibility index (Phi) is 4.94. The van der Waals surface area contributed by atoms with Crippen LogP contribution in [-0.2, 0) is 4.79 Å². The van der Waals surface area contributed by atoms with E-state index in [1.807, 2.05) is 4.98 Å². The molecular formula is C11H14Cl3N3O3. The number of hydrogen-bond donors (Lipinski definition) is 2. The molecule has 0 aliphatic heterocycles. The first-order valence-corrected chi connectivity index (χ1v) is 6.75. The van der Waals surface area contributed by atoms with Crippen molar-refractivity contribution in [2.45, 2.75) is 30.7 Å². The van der Waals surface area contributed by atoms with Crippen molar-refractivity contribution < 1.29 is 4.79 Å². The van der Waals surface area contributed by atoms with Gasteiger partial charge in [0.15, 0.2) is 6.17 Å². The molecule has 0 aliphatic rings. The van der Waals surface area contributed by atoms with Crippen LogP contribution in [0.5, 0.6) is 0 Å². The van der Waals surface area contributed by atoms with Crippen molar-refractivity contribution in [3.63, 3.8) is 0 Å². The van der Waals surface area contributed by atoms with Crippen molar-refractivity contribution in [2.75, 3.05) is 0 Å². The van der Waals surface area contributed by atoms with Gasteiger partial charge in [0.2, 0.25) is 9.70 Å². The van der Waals surface area contributed by atoms with Gasteiger partial charge in [0.25, 0.3) is 5.56 Å². The van der Waals surface area contributed by atoms with Crippen LogP contribution in [0, 0.1) is 5.41 Å². The fourth-order valence-electron chi connectivity index (χ4n) is 1.28. The number of carbonyl (C=O) groups excluding carboxylic acids is 1. The molecule has 2 N–H and O–H groups in total. The number of halogens is 3. The zero-order chi connectivity index (χ0) is 15.7. The summed E-state index contributed by atoms with van der Waals surface area (Å²) in [6, 6.07) is 1.09. The minimum absolute atomic E-state index is 0.410. The molecule has 0 saturated heterocycles. The first-order chi connectivity index (χ1) is 8.93. The van der Waals surface area contributed by atoms with Crippen molar-refractivity contribution in [1.29, 1.82) is 0 Å². The van der Waals surface area contributed by atoms with E-state index in [-0.39, 0.29) is 0 Å². The fourth-order valence-corrected chi connectivity index (χ4v) is 1.76. The fraction of sp³-hybridized carbons (Fsp3) is 0.545. The third-order valence-corrected chi connectivity index (χ3v) is 3.01. The summed E-state index contributed by atoms with van der Waals surface area (Å²) in [6.07, 6.45) is -0.0972. The third kappa shape index (κ3) is 4.26. The van der Waals surface area contributed by atoms with Crippen LogP contribution in [0.1, 0.15) is 26.9 Å². The molecule has 112 valence electrons. The van der Waals surface area contributed by atoms with Crippen molar-refractivity contribution in [1.82, 2.24) is 14.9 Å². The molecule has 1 atom stereocenters. The van der Waals surface area contributed by atoms with Gasteiger partial charge in [-0.05, 0) is 0 Å². The van der Waals surface area contributed by atoms with E-state index in [4.69, 9.17) is 34.8 Å². The number of H-pyrrole nitrogens is 1. The molecule has 0 bridgehead atoms. The molecule has 1 aromatic rings. The van der Waals surface area contributed by atoms with E-state index in [1.54, 1.807) is 20.8 Å². The number of hydrogen-bond acceptors (Lipinski definition) is 3. The van der Waals surface area contributed by atoms with Gasteiger partial charge in [-0.25, -0.2) is 4.79 Å². The topological polar surface area (TPSA) is 84.0 Å². The smallest absolute Gasteiger partial charge is 0.330 e. The maximum Gasteiger partial charge on any atom is 0.330 e. The molecule has 0 fully saturated rings. The Morgan fingerprint density at radius 3 is 2.25 bits per heavy atom. The Morgan fingerprint density at radius 1 is 1.30 bits per heavy atom. The summed E-state index contributed by atoms with van der Waals surface area (Å²) in [4.78, 5) is 36.8. The molecule has 0 aromatic carbocycles. The molecule has 6 nitrogen and oxygen atoms in total. The zero-order valence-corrected chi connectivity index (χ0v) is 13.3. The number of aromatic nitrogens is 2. The van der Waals surface area contributed by atoms with Gasteiger partial charge in [-0.3, -0.25) is 19.1 Å². The molecule has 0 aliphatic carbocycles. The van der Waals surface area contributed by atoms with Gasteiger partial charge < -0.3 is 5.32 Å². The number of nitrogens with zero attached hydrogens (tertiary/aromatic N) is 1. The van der Waals surface area contributed by atoms with E-state index in [1.165, 1.54) is 0 Å². The average Bonchev–Trinajstić information content (AvgIpc) is 2.23. The quantitative estimate of drug-likeness (QED) is 0.800. The van der Waals surface area contributed by atoms with Gasteiger partial charge in [0.05, 0.1) is 0 Å². The summed E-state index contributed by atoms with van der Waals surface area (Å²) >= 11 is 17.4. The predicted octanol–water partition coefficient (Wildman–Crippen LogP) is 1.57. The van der Waals surface area contributed by atoms with Crippen molar-refractivity contribution in [3.05, 3.63) is 33.1 Å². The highest BCUT2D eigenvalue weighted by molar-refractivity contribution is 6.67. The zero-order valence-electron chi connectivity index (χ0n) is 11.0. The summed E-state index contributed by atoms with van der Waals surface area (Å²) in [5.74, 6) is -0.410. The molecule has 1 aromatic heterocycles. The highest BCUT2D eigenvalue weighted by Crippen LogP contribution is 2.36. The van der Waals surface area contributed by atoms with Gasteiger partial charge >= 0.3 is 5.69 Å². The normalized spacial score (nSPS) is 13.9. The molecule has 0 saturated carbocycles. The van der Waals surface area contributed by atoms with E-state index in [0.717, 1.165) is 16.8 Å². The highest BCUT2D eigenvalue weighted by Gasteiger charge is 2.38. The van der Waals surface area contributed by atoms with Crippen molar-refractivity contribution >= 4 is 40.7 Å². The number of aromatic amines is 1. The lowest BCUT2D eigenvalue weighted by atomic mass is 9.95. The lowest BCUT2D eigenvalue weighted by Crippen LogP contribution is -2.48. The first kappa shape index (κ1) is 17.1. The second-order valence-electron chi connectivity index (χ2n) is 5.19. The van der Waals surface area contributed by atoms with E-state index in [2.05, 4.69) is 5.32 Å². The van der Waals surface area contributed by atoms with Crippen LogP contribution in [0.2, 0.25) is 0 Å². The van der Waals surface area contributed by atoms with Crippen LogP contribution in [0.15, 0.2) is 21.9 Å². The molecule has 1 rings (SSSR count). The predicted molar refractivity (Wildman–Crippen MR) is 78.2 cm³/mol. The SMILES string of the molecule is CC(C)(C)C(=O)N[C@@H](n1ccc(=O)[nH]c1=O)C(Cl)(Cl)Cl. The lowest BCUT2D eigenvalue weighted by Gasteiger charge is -2.29. The van der Waals surface area contributed by atoms with Gasteiger partial charge in [-0.2, -0.15) is 0 Å². The van der Waals surface area contributed by atoms with E-state index in [0.29, 0.717) is 0 Å². The Balaban J connectivity index is 3.25. The number of amides is 1. The number of rotatable bonds is 2. The van der Waals surface area contributed by atoms with Crippen LogP contribution >= 0.6 is 34.8 Å². The van der Waals surface area contributed by atoms with Gasteiger partial charge in [-0.1, -0.05) is 55.6 Å².